The molecule has 2 N–H and O–H groups in total. The van der Waals surface area contributed by atoms with Gasteiger partial charge in [-0.25, -0.2) is 18.4 Å². The van der Waals surface area contributed by atoms with Gasteiger partial charge in [0.25, 0.3) is 0 Å². The Labute approximate surface area is 216 Å². The molecule has 1 amide bonds. The Hall–Kier alpha value is -3.02. The van der Waals surface area contributed by atoms with E-state index in [4.69, 9.17) is 19.4 Å². The van der Waals surface area contributed by atoms with E-state index >= 15 is 0 Å². The molecule has 2 unspecified atom stereocenters. The summed E-state index contributed by atoms with van der Waals surface area (Å²) in [6.07, 6.45) is 5.35. The van der Waals surface area contributed by atoms with Crippen LogP contribution in [-0.4, -0.2) is 48.8 Å². The summed E-state index contributed by atoms with van der Waals surface area (Å²) < 4.78 is 38.9. The Bertz CT molecular complexity index is 1440. The third-order valence-corrected chi connectivity index (χ3v) is 8.10. The van der Waals surface area contributed by atoms with Gasteiger partial charge in [-0.1, -0.05) is 6.07 Å². The van der Waals surface area contributed by atoms with Crippen molar-refractivity contribution >= 4 is 44.1 Å². The fraction of sp³-hybridized carbons (Fsp3) is 0.500. The zero-order valence-electron chi connectivity index (χ0n) is 21.6. The zero-order valence-corrected chi connectivity index (χ0v) is 22.4. The average molecular weight is 528 g/mol. The number of benzene rings is 1. The molecule has 5 rings (SSSR count). The molecule has 10 nitrogen and oxygen atoms in total. The molecule has 3 heterocycles. The molecule has 0 radical (unpaired) electrons. The molecule has 1 aliphatic heterocycles. The van der Waals surface area contributed by atoms with Crippen molar-refractivity contribution in [1.29, 1.82) is 0 Å². The number of amides is 1. The first-order chi connectivity index (χ1) is 17.7. The molecule has 0 spiro atoms. The number of anilines is 3. The number of pyridine rings is 1. The quantitative estimate of drug-likeness (QED) is 0.434. The Morgan fingerprint density at radius 1 is 1.16 bits per heavy atom. The topological polar surface area (TPSA) is 124 Å². The standard InChI is InChI=1S/C26H33N5O5S/c1-15(35-3)18-10-11-19(21(13-18)37(4,33)34)28-20-14-22(30-26(32)17-8-9-17)29-25-24(20)27-16(2)31(25)23-7-5-6-12-36-23/h10-11,13-15,17,23H,5-9,12H2,1-4H3,(H2,28,29,30,32). The van der Waals surface area contributed by atoms with E-state index in [1.807, 2.05) is 24.5 Å². The van der Waals surface area contributed by atoms with Crippen LogP contribution in [0.4, 0.5) is 17.2 Å². The lowest BCUT2D eigenvalue weighted by atomic mass is 10.1. The van der Waals surface area contributed by atoms with Crippen LogP contribution in [0.25, 0.3) is 11.2 Å². The van der Waals surface area contributed by atoms with Crippen LogP contribution in [0.3, 0.4) is 0 Å². The number of ether oxygens (including phenoxy) is 2. The molecule has 1 saturated carbocycles. The second-order valence-electron chi connectivity index (χ2n) is 9.87. The number of rotatable bonds is 8. The van der Waals surface area contributed by atoms with Gasteiger partial charge in [0.2, 0.25) is 5.91 Å². The van der Waals surface area contributed by atoms with Crippen LogP contribution in [-0.2, 0) is 24.1 Å². The maximum Gasteiger partial charge on any atom is 0.228 e. The molecular formula is C26H33N5O5S. The van der Waals surface area contributed by atoms with Crippen molar-refractivity contribution in [3.8, 4) is 0 Å². The van der Waals surface area contributed by atoms with Gasteiger partial charge in [0.15, 0.2) is 15.5 Å². The SMILES string of the molecule is COC(C)c1ccc(Nc2cc(NC(=O)C3CC3)nc3c2nc(C)n3C2CCCCO2)c(S(C)(=O)=O)c1. The van der Waals surface area contributed by atoms with Crippen molar-refractivity contribution in [1.82, 2.24) is 14.5 Å². The number of hydrogen-bond acceptors (Lipinski definition) is 8. The van der Waals surface area contributed by atoms with Gasteiger partial charge in [-0.05, 0) is 63.6 Å². The van der Waals surface area contributed by atoms with Gasteiger partial charge in [0, 0.05) is 32.0 Å². The van der Waals surface area contributed by atoms with Gasteiger partial charge in [-0.2, -0.15) is 0 Å². The van der Waals surface area contributed by atoms with Crippen molar-refractivity contribution < 1.29 is 22.7 Å². The lowest BCUT2D eigenvalue weighted by Crippen LogP contribution is -2.20. The first-order valence-corrected chi connectivity index (χ1v) is 14.5. The van der Waals surface area contributed by atoms with Gasteiger partial charge in [-0.3, -0.25) is 9.36 Å². The summed E-state index contributed by atoms with van der Waals surface area (Å²) in [5.74, 6) is 1.06. The monoisotopic (exact) mass is 527 g/mol. The Kier molecular flexibility index (Phi) is 6.95. The number of nitrogens with one attached hydrogen (secondary N) is 2. The Balaban J connectivity index is 1.62. The van der Waals surface area contributed by atoms with Crippen LogP contribution in [0.1, 0.15) is 62.7 Å². The number of aromatic nitrogens is 3. The van der Waals surface area contributed by atoms with Crippen molar-refractivity contribution in [2.75, 3.05) is 30.6 Å². The van der Waals surface area contributed by atoms with Crippen molar-refractivity contribution in [3.05, 3.63) is 35.7 Å². The zero-order chi connectivity index (χ0) is 26.3. The molecule has 2 atom stereocenters. The van der Waals surface area contributed by atoms with E-state index in [9.17, 15) is 13.2 Å². The Morgan fingerprint density at radius 2 is 1.95 bits per heavy atom. The van der Waals surface area contributed by atoms with Crippen LogP contribution < -0.4 is 10.6 Å². The minimum absolute atomic E-state index is 0.00869. The lowest BCUT2D eigenvalue weighted by molar-refractivity contribution is -0.117. The summed E-state index contributed by atoms with van der Waals surface area (Å²) in [5, 5.41) is 6.21. The van der Waals surface area contributed by atoms with Crippen molar-refractivity contribution in [2.24, 2.45) is 5.92 Å². The van der Waals surface area contributed by atoms with Gasteiger partial charge >= 0.3 is 0 Å². The number of sulfone groups is 1. The van der Waals surface area contributed by atoms with Crippen LogP contribution in [0.2, 0.25) is 0 Å². The second-order valence-corrected chi connectivity index (χ2v) is 11.9. The van der Waals surface area contributed by atoms with E-state index in [1.165, 1.54) is 6.26 Å². The number of aryl methyl sites for hydroxylation is 1. The summed E-state index contributed by atoms with van der Waals surface area (Å²) in [6, 6.07) is 6.89. The Morgan fingerprint density at radius 3 is 2.59 bits per heavy atom. The van der Waals surface area contributed by atoms with Crippen molar-refractivity contribution in [2.45, 2.75) is 63.2 Å². The molecule has 1 saturated heterocycles. The predicted molar refractivity (Wildman–Crippen MR) is 141 cm³/mol. The highest BCUT2D eigenvalue weighted by atomic mass is 32.2. The summed E-state index contributed by atoms with van der Waals surface area (Å²) in [7, 11) is -1.99. The fourth-order valence-corrected chi connectivity index (χ4v) is 5.53. The number of carbonyl (C=O) groups is 1. The molecule has 1 aliphatic carbocycles. The summed E-state index contributed by atoms with van der Waals surface area (Å²) in [5.41, 5.74) is 2.85. The van der Waals surface area contributed by atoms with Gasteiger partial charge in [0.05, 0.1) is 22.4 Å². The maximum atomic E-state index is 12.7. The van der Waals surface area contributed by atoms with Crippen LogP contribution >= 0.6 is 0 Å². The summed E-state index contributed by atoms with van der Waals surface area (Å²) >= 11 is 0. The van der Waals surface area contributed by atoms with Gasteiger partial charge < -0.3 is 20.1 Å². The first-order valence-electron chi connectivity index (χ1n) is 12.6. The minimum atomic E-state index is -3.57. The van der Waals surface area contributed by atoms with E-state index < -0.39 is 9.84 Å². The molecule has 198 valence electrons. The number of carbonyl (C=O) groups excluding carboxylic acids is 1. The third-order valence-electron chi connectivity index (χ3n) is 6.97. The first kappa shape index (κ1) is 25.6. The molecule has 2 fully saturated rings. The maximum absolute atomic E-state index is 12.7. The van der Waals surface area contributed by atoms with Gasteiger partial charge in [-0.15, -0.1) is 0 Å². The number of methoxy groups -OCH3 is 1. The number of imidazole rings is 1. The van der Waals surface area contributed by atoms with E-state index in [0.29, 0.717) is 35.0 Å². The van der Waals surface area contributed by atoms with E-state index in [1.54, 1.807) is 25.3 Å². The van der Waals surface area contributed by atoms with Crippen LogP contribution in [0.15, 0.2) is 29.2 Å². The largest absolute Gasteiger partial charge is 0.377 e. The molecule has 2 aliphatic rings. The highest BCUT2D eigenvalue weighted by Crippen LogP contribution is 2.36. The summed E-state index contributed by atoms with van der Waals surface area (Å²) in [4.78, 5) is 22.3. The number of fused-ring (bicyclic) bond motifs is 1. The number of nitrogens with zero attached hydrogens (tertiary/aromatic N) is 3. The second kappa shape index (κ2) is 10.0. The molecule has 3 aromatic rings. The van der Waals surface area contributed by atoms with Crippen LogP contribution in [0.5, 0.6) is 0 Å². The lowest BCUT2D eigenvalue weighted by Gasteiger charge is -2.25. The van der Waals surface area contributed by atoms with E-state index in [-0.39, 0.29) is 29.1 Å². The smallest absolute Gasteiger partial charge is 0.228 e. The normalized spacial score (nSPS) is 19.1. The highest BCUT2D eigenvalue weighted by molar-refractivity contribution is 7.90. The van der Waals surface area contributed by atoms with E-state index in [0.717, 1.165) is 43.5 Å². The minimum Gasteiger partial charge on any atom is -0.377 e. The highest BCUT2D eigenvalue weighted by Gasteiger charge is 2.31. The molecular weight excluding hydrogens is 494 g/mol. The summed E-state index contributed by atoms with van der Waals surface area (Å²) in [6.45, 7) is 4.42. The molecule has 37 heavy (non-hydrogen) atoms. The fourth-order valence-electron chi connectivity index (χ4n) is 4.66. The molecule has 1 aromatic carbocycles. The van der Waals surface area contributed by atoms with E-state index in [2.05, 4.69) is 10.6 Å². The molecule has 0 bridgehead atoms. The predicted octanol–water partition coefficient (Wildman–Crippen LogP) is 4.64. The molecule has 11 heteroatoms. The van der Waals surface area contributed by atoms with Crippen molar-refractivity contribution in [3.63, 3.8) is 0 Å². The van der Waals surface area contributed by atoms with Crippen LogP contribution in [0, 0.1) is 12.8 Å². The number of hydrogen-bond donors (Lipinski definition) is 2. The third kappa shape index (κ3) is 5.34. The average Bonchev–Trinajstić information content (AvgIpc) is 3.66. The van der Waals surface area contributed by atoms with Gasteiger partial charge in [0.1, 0.15) is 23.4 Å². The molecule has 2 aromatic heterocycles.